The molecule has 0 unspecified atom stereocenters. The third kappa shape index (κ3) is 10.1. The van der Waals surface area contributed by atoms with Crippen LogP contribution in [0, 0.1) is 17.8 Å². The third-order valence-electron chi connectivity index (χ3n) is 4.29. The lowest BCUT2D eigenvalue weighted by atomic mass is 9.93. The van der Waals surface area contributed by atoms with Crippen molar-refractivity contribution >= 4 is 0 Å². The smallest absolute Gasteiger partial charge is 0.00173 e. The molecule has 114 valence electrons. The second-order valence-corrected chi connectivity index (χ2v) is 5.89. The Morgan fingerprint density at radius 1 is 0.947 bits per heavy atom. The van der Waals surface area contributed by atoms with Crippen molar-refractivity contribution in [2.24, 2.45) is 17.8 Å². The first-order chi connectivity index (χ1) is 9.15. The minimum Gasteiger partial charge on any atom is -0.319 e. The topological polar surface area (TPSA) is 24.1 Å². The fourth-order valence-electron chi connectivity index (χ4n) is 2.15. The molecule has 0 saturated heterocycles. The quantitative estimate of drug-likeness (QED) is 0.415. The second-order valence-electron chi connectivity index (χ2n) is 5.89. The molecular weight excluding hydrogens is 232 g/mol. The molecular formula is C17H36N2. The van der Waals surface area contributed by atoms with Gasteiger partial charge in [-0.1, -0.05) is 52.7 Å². The number of nitrogens with one attached hydrogen (secondary N) is 2. The van der Waals surface area contributed by atoms with E-state index in [1.807, 2.05) is 7.05 Å². The standard InChI is InChI=1S/C17H36N2/c1-6-15(3)16(4)13-19-14-17(7-2)11-9-8-10-12-18-5/h8-9,15-19H,6-7,10-14H2,1-5H3/b9-8+/t15-,16-,17-/m0/s1. The van der Waals surface area contributed by atoms with Gasteiger partial charge in [-0.05, 0) is 57.3 Å². The van der Waals surface area contributed by atoms with Crippen molar-refractivity contribution in [1.82, 2.24) is 10.6 Å². The molecule has 0 aliphatic heterocycles. The fourth-order valence-corrected chi connectivity index (χ4v) is 2.15. The van der Waals surface area contributed by atoms with Crippen LogP contribution in [-0.4, -0.2) is 26.7 Å². The van der Waals surface area contributed by atoms with Crippen LogP contribution in [0.15, 0.2) is 12.2 Å². The number of rotatable bonds is 12. The van der Waals surface area contributed by atoms with Gasteiger partial charge in [-0.15, -0.1) is 0 Å². The van der Waals surface area contributed by atoms with Gasteiger partial charge < -0.3 is 10.6 Å². The zero-order valence-corrected chi connectivity index (χ0v) is 13.8. The first kappa shape index (κ1) is 18.7. The summed E-state index contributed by atoms with van der Waals surface area (Å²) in [6, 6.07) is 0. The van der Waals surface area contributed by atoms with Gasteiger partial charge in [0.2, 0.25) is 0 Å². The van der Waals surface area contributed by atoms with E-state index < -0.39 is 0 Å². The Morgan fingerprint density at radius 2 is 1.68 bits per heavy atom. The molecule has 0 fully saturated rings. The molecule has 0 bridgehead atoms. The Labute approximate surface area is 121 Å². The number of hydrogen-bond acceptors (Lipinski definition) is 2. The van der Waals surface area contributed by atoms with Gasteiger partial charge in [0.15, 0.2) is 0 Å². The molecule has 3 atom stereocenters. The highest BCUT2D eigenvalue weighted by atomic mass is 14.9. The van der Waals surface area contributed by atoms with Crippen LogP contribution in [0.25, 0.3) is 0 Å². The minimum atomic E-state index is 0.786. The van der Waals surface area contributed by atoms with Gasteiger partial charge in [0.1, 0.15) is 0 Å². The van der Waals surface area contributed by atoms with Crippen LogP contribution in [-0.2, 0) is 0 Å². The molecule has 0 heterocycles. The molecule has 0 aromatic carbocycles. The molecule has 0 spiro atoms. The molecule has 2 N–H and O–H groups in total. The summed E-state index contributed by atoms with van der Waals surface area (Å²) in [6.07, 6.45) is 9.57. The summed E-state index contributed by atoms with van der Waals surface area (Å²) in [6.45, 7) is 12.7. The molecule has 0 radical (unpaired) electrons. The van der Waals surface area contributed by atoms with Gasteiger partial charge in [-0.2, -0.15) is 0 Å². The normalized spacial score (nSPS) is 16.7. The summed E-state index contributed by atoms with van der Waals surface area (Å²) in [5.41, 5.74) is 0. The van der Waals surface area contributed by atoms with Crippen molar-refractivity contribution in [1.29, 1.82) is 0 Å². The Morgan fingerprint density at radius 3 is 2.26 bits per heavy atom. The summed E-state index contributed by atoms with van der Waals surface area (Å²) in [7, 11) is 2.01. The van der Waals surface area contributed by atoms with Crippen molar-refractivity contribution in [3.05, 3.63) is 12.2 Å². The van der Waals surface area contributed by atoms with Gasteiger partial charge in [0, 0.05) is 0 Å². The van der Waals surface area contributed by atoms with E-state index in [4.69, 9.17) is 0 Å². The molecule has 2 heteroatoms. The minimum absolute atomic E-state index is 0.786. The lowest BCUT2D eigenvalue weighted by molar-refractivity contribution is 0.343. The van der Waals surface area contributed by atoms with Crippen molar-refractivity contribution in [2.45, 2.75) is 53.4 Å². The monoisotopic (exact) mass is 268 g/mol. The van der Waals surface area contributed by atoms with Crippen LogP contribution >= 0.6 is 0 Å². The van der Waals surface area contributed by atoms with E-state index >= 15 is 0 Å². The summed E-state index contributed by atoms with van der Waals surface area (Å²) >= 11 is 0. The number of allylic oxidation sites excluding steroid dienone is 1. The predicted molar refractivity (Wildman–Crippen MR) is 87.6 cm³/mol. The molecule has 0 rings (SSSR count). The summed E-state index contributed by atoms with van der Waals surface area (Å²) in [5.74, 6) is 2.40. The third-order valence-corrected chi connectivity index (χ3v) is 4.29. The molecule has 0 aromatic rings. The maximum atomic E-state index is 3.66. The van der Waals surface area contributed by atoms with E-state index in [0.29, 0.717) is 0 Å². The summed E-state index contributed by atoms with van der Waals surface area (Å²) in [4.78, 5) is 0. The van der Waals surface area contributed by atoms with E-state index in [-0.39, 0.29) is 0 Å². The van der Waals surface area contributed by atoms with Crippen molar-refractivity contribution in [2.75, 3.05) is 26.7 Å². The SMILES string of the molecule is CC[C@@H](C/C=C/CCNC)CNC[C@H](C)[C@@H](C)CC. The molecule has 2 nitrogen and oxygen atoms in total. The van der Waals surface area contributed by atoms with E-state index in [2.05, 4.69) is 50.5 Å². The van der Waals surface area contributed by atoms with Crippen LogP contribution in [0.5, 0.6) is 0 Å². The highest BCUT2D eigenvalue weighted by molar-refractivity contribution is 4.85. The first-order valence-electron chi connectivity index (χ1n) is 8.15. The Kier molecular flexibility index (Phi) is 12.5. The summed E-state index contributed by atoms with van der Waals surface area (Å²) < 4.78 is 0. The summed E-state index contributed by atoms with van der Waals surface area (Å²) in [5, 5.41) is 6.83. The Bertz CT molecular complexity index is 213. The fraction of sp³-hybridized carbons (Fsp3) is 0.882. The van der Waals surface area contributed by atoms with Crippen LogP contribution < -0.4 is 10.6 Å². The average molecular weight is 268 g/mol. The zero-order chi connectivity index (χ0) is 14.5. The van der Waals surface area contributed by atoms with Crippen LogP contribution in [0.1, 0.15) is 53.4 Å². The van der Waals surface area contributed by atoms with Gasteiger partial charge in [0.25, 0.3) is 0 Å². The number of hydrogen-bond donors (Lipinski definition) is 2. The van der Waals surface area contributed by atoms with E-state index in [0.717, 1.165) is 43.8 Å². The lowest BCUT2D eigenvalue weighted by Crippen LogP contribution is -2.29. The van der Waals surface area contributed by atoms with Crippen LogP contribution in [0.3, 0.4) is 0 Å². The maximum absolute atomic E-state index is 3.66. The van der Waals surface area contributed by atoms with Crippen molar-refractivity contribution in [3.63, 3.8) is 0 Å². The maximum Gasteiger partial charge on any atom is -0.00173 e. The predicted octanol–water partition coefficient (Wildman–Crippen LogP) is 3.84. The van der Waals surface area contributed by atoms with Gasteiger partial charge in [0.05, 0.1) is 0 Å². The van der Waals surface area contributed by atoms with Gasteiger partial charge in [-0.3, -0.25) is 0 Å². The molecule has 0 aliphatic carbocycles. The Balaban J connectivity index is 3.72. The average Bonchev–Trinajstić information content (AvgIpc) is 2.43. The zero-order valence-electron chi connectivity index (χ0n) is 13.8. The van der Waals surface area contributed by atoms with Gasteiger partial charge in [-0.25, -0.2) is 0 Å². The van der Waals surface area contributed by atoms with Crippen LogP contribution in [0.2, 0.25) is 0 Å². The largest absolute Gasteiger partial charge is 0.319 e. The van der Waals surface area contributed by atoms with Crippen molar-refractivity contribution < 1.29 is 0 Å². The van der Waals surface area contributed by atoms with E-state index in [9.17, 15) is 0 Å². The highest BCUT2D eigenvalue weighted by Gasteiger charge is 2.10. The molecule has 0 aromatic heterocycles. The van der Waals surface area contributed by atoms with E-state index in [1.165, 1.54) is 19.3 Å². The second kappa shape index (κ2) is 12.7. The Hall–Kier alpha value is -0.340. The van der Waals surface area contributed by atoms with Crippen molar-refractivity contribution in [3.8, 4) is 0 Å². The van der Waals surface area contributed by atoms with Crippen LogP contribution in [0.4, 0.5) is 0 Å². The molecule has 19 heavy (non-hydrogen) atoms. The van der Waals surface area contributed by atoms with E-state index in [1.54, 1.807) is 0 Å². The first-order valence-corrected chi connectivity index (χ1v) is 8.15. The molecule has 0 saturated carbocycles. The lowest BCUT2D eigenvalue weighted by Gasteiger charge is -2.21. The van der Waals surface area contributed by atoms with Gasteiger partial charge >= 0.3 is 0 Å². The highest BCUT2D eigenvalue weighted by Crippen LogP contribution is 2.14. The molecule has 0 amide bonds. The molecule has 0 aliphatic rings.